The smallest absolute Gasteiger partial charge is 0.336 e. The quantitative estimate of drug-likeness (QED) is 0.232. The van der Waals surface area contributed by atoms with Gasteiger partial charge in [-0.2, -0.15) is 0 Å². The van der Waals surface area contributed by atoms with Gasteiger partial charge in [0.15, 0.2) is 5.78 Å². The largest absolute Gasteiger partial charge is 0.494 e. The standard InChI is InChI=1S/C33H32ClNO5/c1-3-38-29-12-8-7-11-26(29)31-30(33(37)40-18-17-39-25-9-5-4-6-10-25)21(2)35-27-19-23(20-28(36)32(27)31)22-13-15-24(34)16-14-22/h4-16,23,31,35H,3,17-20H2,1-2H3/t23-,31-/m1/s1. The van der Waals surface area contributed by atoms with Crippen LogP contribution >= 0.6 is 11.6 Å². The molecular weight excluding hydrogens is 526 g/mol. The van der Waals surface area contributed by atoms with Crippen molar-refractivity contribution < 1.29 is 23.8 Å². The fourth-order valence-electron chi connectivity index (χ4n) is 5.49. The molecule has 0 radical (unpaired) electrons. The van der Waals surface area contributed by atoms with Crippen molar-refractivity contribution in [2.75, 3.05) is 19.8 Å². The highest BCUT2D eigenvalue weighted by atomic mass is 35.5. The molecule has 2 aliphatic rings. The lowest BCUT2D eigenvalue weighted by atomic mass is 9.71. The molecule has 1 aliphatic heterocycles. The number of hydrogen-bond donors (Lipinski definition) is 1. The van der Waals surface area contributed by atoms with E-state index in [1.165, 1.54) is 0 Å². The second-order valence-electron chi connectivity index (χ2n) is 9.84. The van der Waals surface area contributed by atoms with Crippen molar-refractivity contribution in [1.29, 1.82) is 0 Å². The Labute approximate surface area is 239 Å². The highest BCUT2D eigenvalue weighted by Gasteiger charge is 2.42. The Morgan fingerprint density at radius 1 is 0.925 bits per heavy atom. The van der Waals surface area contributed by atoms with Gasteiger partial charge in [-0.25, -0.2) is 4.79 Å². The second kappa shape index (κ2) is 12.4. The van der Waals surface area contributed by atoms with Crippen LogP contribution in [0.15, 0.2) is 101 Å². The van der Waals surface area contributed by atoms with Gasteiger partial charge in [-0.1, -0.05) is 60.1 Å². The van der Waals surface area contributed by atoms with Gasteiger partial charge in [0.25, 0.3) is 0 Å². The second-order valence-corrected chi connectivity index (χ2v) is 10.3. The Morgan fingerprint density at radius 2 is 1.65 bits per heavy atom. The molecule has 0 saturated heterocycles. The molecule has 3 aromatic rings. The molecule has 6 nitrogen and oxygen atoms in total. The summed E-state index contributed by atoms with van der Waals surface area (Å²) in [5.74, 6) is 0.249. The van der Waals surface area contributed by atoms with E-state index in [2.05, 4.69) is 5.32 Å². The number of carbonyl (C=O) groups is 2. The number of halogens is 1. The fraction of sp³-hybridized carbons (Fsp3) is 0.273. The topological polar surface area (TPSA) is 73.9 Å². The summed E-state index contributed by atoms with van der Waals surface area (Å²) in [4.78, 5) is 27.5. The zero-order chi connectivity index (χ0) is 28.1. The van der Waals surface area contributed by atoms with Crippen molar-refractivity contribution in [3.8, 4) is 11.5 Å². The molecule has 0 bridgehead atoms. The number of hydrogen-bond acceptors (Lipinski definition) is 6. The van der Waals surface area contributed by atoms with Gasteiger partial charge in [0.1, 0.15) is 24.7 Å². The first-order valence-corrected chi connectivity index (χ1v) is 13.9. The molecule has 0 amide bonds. The van der Waals surface area contributed by atoms with Crippen LogP contribution in [0.3, 0.4) is 0 Å². The van der Waals surface area contributed by atoms with Gasteiger partial charge in [0.2, 0.25) is 0 Å². The third-order valence-corrected chi connectivity index (χ3v) is 7.50. The van der Waals surface area contributed by atoms with Crippen LogP contribution in [-0.2, 0) is 14.3 Å². The molecule has 206 valence electrons. The summed E-state index contributed by atoms with van der Waals surface area (Å²) in [7, 11) is 0. The van der Waals surface area contributed by atoms with E-state index in [1.807, 2.05) is 92.7 Å². The van der Waals surface area contributed by atoms with Gasteiger partial charge >= 0.3 is 5.97 Å². The Bertz CT molecular complexity index is 1450. The highest BCUT2D eigenvalue weighted by Crippen LogP contribution is 2.47. The molecular formula is C33H32ClNO5. The first-order chi connectivity index (χ1) is 19.5. The van der Waals surface area contributed by atoms with Crippen molar-refractivity contribution >= 4 is 23.4 Å². The molecule has 40 heavy (non-hydrogen) atoms. The molecule has 0 spiro atoms. The number of ether oxygens (including phenoxy) is 3. The lowest BCUT2D eigenvalue weighted by molar-refractivity contribution is -0.140. The first-order valence-electron chi connectivity index (χ1n) is 13.5. The summed E-state index contributed by atoms with van der Waals surface area (Å²) in [6.45, 7) is 4.51. The number of para-hydroxylation sites is 2. The summed E-state index contributed by atoms with van der Waals surface area (Å²) >= 11 is 6.10. The van der Waals surface area contributed by atoms with E-state index in [9.17, 15) is 9.59 Å². The summed E-state index contributed by atoms with van der Waals surface area (Å²) in [6, 6.07) is 24.6. The van der Waals surface area contributed by atoms with Crippen molar-refractivity contribution in [3.63, 3.8) is 0 Å². The van der Waals surface area contributed by atoms with Crippen molar-refractivity contribution in [2.45, 2.75) is 38.5 Å². The predicted octanol–water partition coefficient (Wildman–Crippen LogP) is 6.72. The van der Waals surface area contributed by atoms with E-state index in [-0.39, 0.29) is 24.9 Å². The number of carbonyl (C=O) groups excluding carboxylic acids is 2. The molecule has 3 aromatic carbocycles. The number of Topliss-reactive ketones (excluding diaryl/α,β-unsaturated/α-hetero) is 1. The fourth-order valence-corrected chi connectivity index (χ4v) is 5.61. The summed E-state index contributed by atoms with van der Waals surface area (Å²) in [5, 5.41) is 4.06. The van der Waals surface area contributed by atoms with E-state index < -0.39 is 11.9 Å². The number of allylic oxidation sites excluding steroid dienone is 3. The van der Waals surface area contributed by atoms with E-state index in [4.69, 9.17) is 25.8 Å². The number of benzene rings is 3. The Morgan fingerprint density at radius 3 is 2.40 bits per heavy atom. The van der Waals surface area contributed by atoms with Crippen LogP contribution in [0.25, 0.3) is 0 Å². The minimum absolute atomic E-state index is 0.00443. The van der Waals surface area contributed by atoms with Crippen LogP contribution < -0.4 is 14.8 Å². The maximum Gasteiger partial charge on any atom is 0.336 e. The maximum atomic E-state index is 13.9. The molecule has 0 unspecified atom stereocenters. The molecule has 1 aliphatic carbocycles. The minimum Gasteiger partial charge on any atom is -0.494 e. The first kappa shape index (κ1) is 27.5. The van der Waals surface area contributed by atoms with Crippen molar-refractivity contribution in [3.05, 3.63) is 118 Å². The molecule has 7 heteroatoms. The molecule has 0 saturated carbocycles. The van der Waals surface area contributed by atoms with E-state index in [1.54, 1.807) is 0 Å². The summed E-state index contributed by atoms with van der Waals surface area (Å²) < 4.78 is 17.3. The van der Waals surface area contributed by atoms with Gasteiger partial charge in [-0.05, 0) is 62.1 Å². The monoisotopic (exact) mass is 557 g/mol. The van der Waals surface area contributed by atoms with Crippen molar-refractivity contribution in [1.82, 2.24) is 5.32 Å². The number of dihydropyridines is 1. The molecule has 5 rings (SSSR count). The molecule has 2 atom stereocenters. The van der Waals surface area contributed by atoms with Gasteiger partial charge in [0.05, 0.1) is 18.1 Å². The van der Waals surface area contributed by atoms with Crippen LogP contribution in [0.5, 0.6) is 11.5 Å². The molecule has 0 fully saturated rings. The molecule has 1 N–H and O–H groups in total. The van der Waals surface area contributed by atoms with Gasteiger partial charge in [0, 0.05) is 34.0 Å². The number of nitrogens with one attached hydrogen (secondary N) is 1. The lowest BCUT2D eigenvalue weighted by Crippen LogP contribution is -2.36. The zero-order valence-electron chi connectivity index (χ0n) is 22.6. The van der Waals surface area contributed by atoms with Gasteiger partial charge in [-0.3, -0.25) is 4.79 Å². The Hall–Kier alpha value is -4.03. The average Bonchev–Trinajstić information content (AvgIpc) is 2.96. The molecule has 0 aromatic heterocycles. The summed E-state index contributed by atoms with van der Waals surface area (Å²) in [6.07, 6.45) is 0.975. The Kier molecular flexibility index (Phi) is 8.56. The SMILES string of the molecule is CCOc1ccccc1[C@@H]1C(C(=O)OCCOc2ccccc2)=C(C)NC2=C1C(=O)C[C@H](c1ccc(Cl)cc1)C2. The average molecular weight is 558 g/mol. The summed E-state index contributed by atoms with van der Waals surface area (Å²) in [5.41, 5.74) is 4.31. The van der Waals surface area contributed by atoms with Crippen LogP contribution in [-0.4, -0.2) is 31.6 Å². The van der Waals surface area contributed by atoms with Gasteiger partial charge in [-0.15, -0.1) is 0 Å². The van der Waals surface area contributed by atoms with Gasteiger partial charge < -0.3 is 19.5 Å². The van der Waals surface area contributed by atoms with Crippen LogP contribution in [0.4, 0.5) is 0 Å². The predicted molar refractivity (Wildman–Crippen MR) is 155 cm³/mol. The van der Waals surface area contributed by atoms with E-state index >= 15 is 0 Å². The minimum atomic E-state index is -0.611. The Balaban J connectivity index is 1.45. The number of esters is 1. The third kappa shape index (κ3) is 5.92. The molecule has 1 heterocycles. The lowest BCUT2D eigenvalue weighted by Gasteiger charge is -2.37. The van der Waals surface area contributed by atoms with Crippen LogP contribution in [0.1, 0.15) is 49.7 Å². The number of ketones is 1. The highest BCUT2D eigenvalue weighted by molar-refractivity contribution is 6.30. The van der Waals surface area contributed by atoms with Crippen molar-refractivity contribution in [2.24, 2.45) is 0 Å². The normalized spacial score (nSPS) is 18.6. The zero-order valence-corrected chi connectivity index (χ0v) is 23.4. The van der Waals surface area contributed by atoms with Crippen LogP contribution in [0.2, 0.25) is 5.02 Å². The van der Waals surface area contributed by atoms with Crippen LogP contribution in [0, 0.1) is 0 Å². The number of rotatable bonds is 9. The maximum absolute atomic E-state index is 13.9. The van der Waals surface area contributed by atoms with E-state index in [0.717, 1.165) is 16.8 Å². The van der Waals surface area contributed by atoms with E-state index in [0.29, 0.717) is 52.8 Å². The third-order valence-electron chi connectivity index (χ3n) is 7.25.